The summed E-state index contributed by atoms with van der Waals surface area (Å²) in [6, 6.07) is 0.538. The van der Waals surface area contributed by atoms with Crippen molar-refractivity contribution in [2.75, 3.05) is 11.5 Å². The molecule has 1 rings (SSSR count). The van der Waals surface area contributed by atoms with E-state index in [9.17, 15) is 0 Å². The monoisotopic (exact) mass is 202 g/mol. The Bertz CT molecular complexity index is 135. The minimum atomic E-state index is 0.538. The van der Waals surface area contributed by atoms with E-state index in [1.54, 1.807) is 0 Å². The second kappa shape index (κ2) is 5.89. The van der Waals surface area contributed by atoms with E-state index in [1.807, 2.05) is 11.8 Å². The lowest BCUT2D eigenvalue weighted by molar-refractivity contribution is 0.508. The maximum absolute atomic E-state index is 5.50. The van der Waals surface area contributed by atoms with Gasteiger partial charge >= 0.3 is 0 Å². The van der Waals surface area contributed by atoms with Crippen LogP contribution in [0.4, 0.5) is 0 Å². The lowest BCUT2D eigenvalue weighted by Gasteiger charge is -2.15. The maximum Gasteiger partial charge on any atom is 0.0303 e. The van der Waals surface area contributed by atoms with E-state index in [1.165, 1.54) is 30.8 Å². The van der Waals surface area contributed by atoms with Crippen LogP contribution in [0.1, 0.15) is 33.1 Å². The summed E-state index contributed by atoms with van der Waals surface area (Å²) in [6.45, 7) is 4.53. The average Bonchev–Trinajstić information content (AvgIpc) is 2.86. The molecule has 1 aliphatic carbocycles. The van der Waals surface area contributed by atoms with Crippen LogP contribution in [0, 0.1) is 11.8 Å². The van der Waals surface area contributed by atoms with Gasteiger partial charge < -0.3 is 0 Å². The summed E-state index contributed by atoms with van der Waals surface area (Å²) in [7, 11) is 0. The predicted octanol–water partition coefficient (Wildman–Crippen LogP) is 2.01. The minimum absolute atomic E-state index is 0.538. The highest BCUT2D eigenvalue weighted by atomic mass is 32.2. The molecule has 1 saturated carbocycles. The Hall–Kier alpha value is 0.270. The summed E-state index contributed by atoms with van der Waals surface area (Å²) in [5.41, 5.74) is 2.93. The number of nitrogens with two attached hydrogens (primary N) is 1. The second-order valence-corrected chi connectivity index (χ2v) is 5.55. The van der Waals surface area contributed by atoms with Crippen LogP contribution >= 0.6 is 11.8 Å². The van der Waals surface area contributed by atoms with E-state index >= 15 is 0 Å². The van der Waals surface area contributed by atoms with Crippen molar-refractivity contribution in [2.45, 2.75) is 39.2 Å². The second-order valence-electron chi connectivity index (χ2n) is 4.47. The van der Waals surface area contributed by atoms with Gasteiger partial charge in [0.05, 0.1) is 0 Å². The molecule has 2 nitrogen and oxygen atoms in total. The summed E-state index contributed by atoms with van der Waals surface area (Å²) in [5, 5.41) is 0. The SMILES string of the molecule is CC(C)CSCC(CC1CC1)NN. The normalized spacial score (nSPS) is 19.4. The van der Waals surface area contributed by atoms with E-state index < -0.39 is 0 Å². The van der Waals surface area contributed by atoms with Gasteiger partial charge in [0, 0.05) is 11.8 Å². The molecule has 0 aromatic carbocycles. The fourth-order valence-corrected chi connectivity index (χ4v) is 2.51. The summed E-state index contributed by atoms with van der Waals surface area (Å²) in [5.74, 6) is 9.70. The third kappa shape index (κ3) is 5.55. The first-order valence-corrected chi connectivity index (χ1v) is 6.41. The van der Waals surface area contributed by atoms with Gasteiger partial charge in [-0.25, -0.2) is 0 Å². The lowest BCUT2D eigenvalue weighted by atomic mass is 10.2. The lowest BCUT2D eigenvalue weighted by Crippen LogP contribution is -2.37. The van der Waals surface area contributed by atoms with Crippen LogP contribution in [0.3, 0.4) is 0 Å². The van der Waals surface area contributed by atoms with Crippen molar-refractivity contribution >= 4 is 11.8 Å². The molecule has 0 aliphatic heterocycles. The van der Waals surface area contributed by atoms with Gasteiger partial charge in [-0.1, -0.05) is 26.7 Å². The van der Waals surface area contributed by atoms with E-state index in [4.69, 9.17) is 5.84 Å². The molecule has 0 saturated heterocycles. The van der Waals surface area contributed by atoms with Gasteiger partial charge in [-0.05, 0) is 24.0 Å². The molecule has 1 aliphatic rings. The van der Waals surface area contributed by atoms with Crippen LogP contribution in [0.25, 0.3) is 0 Å². The molecule has 0 bridgehead atoms. The van der Waals surface area contributed by atoms with Gasteiger partial charge in [-0.15, -0.1) is 0 Å². The molecule has 1 unspecified atom stereocenters. The number of hydrogen-bond acceptors (Lipinski definition) is 3. The van der Waals surface area contributed by atoms with Crippen molar-refractivity contribution in [3.05, 3.63) is 0 Å². The van der Waals surface area contributed by atoms with Crippen LogP contribution in [0.2, 0.25) is 0 Å². The summed E-state index contributed by atoms with van der Waals surface area (Å²) >= 11 is 2.02. The van der Waals surface area contributed by atoms with Crippen LogP contribution in [-0.2, 0) is 0 Å². The third-order valence-corrected chi connectivity index (χ3v) is 3.86. The van der Waals surface area contributed by atoms with Crippen molar-refractivity contribution < 1.29 is 0 Å². The van der Waals surface area contributed by atoms with Gasteiger partial charge in [-0.3, -0.25) is 11.3 Å². The molecule has 3 N–H and O–H groups in total. The Morgan fingerprint density at radius 1 is 1.38 bits per heavy atom. The van der Waals surface area contributed by atoms with Gasteiger partial charge in [-0.2, -0.15) is 11.8 Å². The third-order valence-electron chi connectivity index (χ3n) is 2.32. The predicted molar refractivity (Wildman–Crippen MR) is 60.6 cm³/mol. The molecule has 78 valence electrons. The van der Waals surface area contributed by atoms with Crippen LogP contribution in [0.15, 0.2) is 0 Å². The topological polar surface area (TPSA) is 38.0 Å². The Kier molecular flexibility index (Phi) is 5.14. The molecule has 0 aromatic rings. The van der Waals surface area contributed by atoms with Crippen molar-refractivity contribution in [3.63, 3.8) is 0 Å². The largest absolute Gasteiger partial charge is 0.271 e. The number of thioether (sulfide) groups is 1. The smallest absolute Gasteiger partial charge is 0.0303 e. The van der Waals surface area contributed by atoms with E-state index in [2.05, 4.69) is 19.3 Å². The molecule has 1 atom stereocenters. The number of rotatable bonds is 7. The molecule has 1 fully saturated rings. The maximum atomic E-state index is 5.50. The Balaban J connectivity index is 2.01. The van der Waals surface area contributed by atoms with E-state index in [-0.39, 0.29) is 0 Å². The number of nitrogens with one attached hydrogen (secondary N) is 1. The van der Waals surface area contributed by atoms with Crippen molar-refractivity contribution in [1.82, 2.24) is 5.43 Å². The van der Waals surface area contributed by atoms with Gasteiger partial charge in [0.1, 0.15) is 0 Å². The quantitative estimate of drug-likeness (QED) is 0.490. The fourth-order valence-electron chi connectivity index (χ4n) is 1.39. The Labute approximate surface area is 86.0 Å². The summed E-state index contributed by atoms with van der Waals surface area (Å²) < 4.78 is 0. The van der Waals surface area contributed by atoms with Crippen LogP contribution < -0.4 is 11.3 Å². The summed E-state index contributed by atoms with van der Waals surface area (Å²) in [4.78, 5) is 0. The molecule has 3 heteroatoms. The summed E-state index contributed by atoms with van der Waals surface area (Å²) in [6.07, 6.45) is 4.13. The van der Waals surface area contributed by atoms with Crippen molar-refractivity contribution in [3.8, 4) is 0 Å². The first-order chi connectivity index (χ1) is 6.22. The highest BCUT2D eigenvalue weighted by Crippen LogP contribution is 2.33. The first-order valence-electron chi connectivity index (χ1n) is 5.26. The van der Waals surface area contributed by atoms with E-state index in [0.717, 1.165) is 11.8 Å². The molecular formula is C10H22N2S. The molecule has 0 radical (unpaired) electrons. The molecule has 0 amide bonds. The number of hydrazine groups is 1. The highest BCUT2D eigenvalue weighted by Gasteiger charge is 2.24. The van der Waals surface area contributed by atoms with Crippen LogP contribution in [-0.4, -0.2) is 17.5 Å². The zero-order valence-electron chi connectivity index (χ0n) is 8.75. The standard InChI is InChI=1S/C10H22N2S/c1-8(2)6-13-7-10(12-11)5-9-3-4-9/h8-10,12H,3-7,11H2,1-2H3. The van der Waals surface area contributed by atoms with E-state index in [0.29, 0.717) is 6.04 Å². The zero-order chi connectivity index (χ0) is 9.68. The number of hydrogen-bond donors (Lipinski definition) is 2. The van der Waals surface area contributed by atoms with Gasteiger partial charge in [0.25, 0.3) is 0 Å². The van der Waals surface area contributed by atoms with Crippen molar-refractivity contribution in [1.29, 1.82) is 0 Å². The first kappa shape index (κ1) is 11.3. The van der Waals surface area contributed by atoms with Gasteiger partial charge in [0.15, 0.2) is 0 Å². The highest BCUT2D eigenvalue weighted by molar-refractivity contribution is 7.99. The minimum Gasteiger partial charge on any atom is -0.271 e. The Morgan fingerprint density at radius 3 is 2.54 bits per heavy atom. The Morgan fingerprint density at radius 2 is 2.08 bits per heavy atom. The zero-order valence-corrected chi connectivity index (χ0v) is 9.57. The van der Waals surface area contributed by atoms with Crippen molar-refractivity contribution in [2.24, 2.45) is 17.7 Å². The average molecular weight is 202 g/mol. The molecule has 13 heavy (non-hydrogen) atoms. The molecule has 0 spiro atoms. The molecule has 0 heterocycles. The van der Waals surface area contributed by atoms with Gasteiger partial charge in [0.2, 0.25) is 0 Å². The van der Waals surface area contributed by atoms with Crippen LogP contribution in [0.5, 0.6) is 0 Å². The molecule has 0 aromatic heterocycles. The molecular weight excluding hydrogens is 180 g/mol. The fraction of sp³-hybridized carbons (Fsp3) is 1.00.